The third-order valence-corrected chi connectivity index (χ3v) is 6.77. The van der Waals surface area contributed by atoms with E-state index in [-0.39, 0.29) is 31.1 Å². The summed E-state index contributed by atoms with van der Waals surface area (Å²) in [6.07, 6.45) is -0.916. The van der Waals surface area contributed by atoms with Crippen LogP contribution < -0.4 is 20.1 Å². The first-order chi connectivity index (χ1) is 15.3. The molecule has 1 atom stereocenters. The standard InChI is InChI=1S/C21H25N3O7S/c1-29-16-5-3-15(4-6-16)13-22-20(25)21(26)23-14-19-24(11-12-31-19)32(27,28)18-9-7-17(30-2)8-10-18/h3-10,19H,11-14H2,1-2H3,(H,22,25)(H,23,26)/t19-/m0/s1. The van der Waals surface area contributed by atoms with Gasteiger partial charge in [0.15, 0.2) is 0 Å². The zero-order chi connectivity index (χ0) is 23.1. The molecule has 2 amide bonds. The van der Waals surface area contributed by atoms with Crippen molar-refractivity contribution < 1.29 is 32.2 Å². The fraction of sp³-hybridized carbons (Fsp3) is 0.333. The van der Waals surface area contributed by atoms with Crippen LogP contribution in [0.15, 0.2) is 53.4 Å². The van der Waals surface area contributed by atoms with Crippen LogP contribution >= 0.6 is 0 Å². The molecule has 3 rings (SSSR count). The lowest BCUT2D eigenvalue weighted by molar-refractivity contribution is -0.139. The van der Waals surface area contributed by atoms with E-state index in [0.717, 1.165) is 9.87 Å². The molecule has 0 radical (unpaired) electrons. The predicted octanol–water partition coefficient (Wildman–Crippen LogP) is 0.483. The zero-order valence-electron chi connectivity index (χ0n) is 17.7. The Bertz CT molecular complexity index is 1040. The summed E-state index contributed by atoms with van der Waals surface area (Å²) in [4.78, 5) is 24.3. The fourth-order valence-corrected chi connectivity index (χ4v) is 4.60. The van der Waals surface area contributed by atoms with Crippen LogP contribution in [-0.2, 0) is 30.9 Å². The van der Waals surface area contributed by atoms with Gasteiger partial charge in [-0.3, -0.25) is 9.59 Å². The van der Waals surface area contributed by atoms with E-state index in [9.17, 15) is 18.0 Å². The molecule has 0 spiro atoms. The summed E-state index contributed by atoms with van der Waals surface area (Å²) in [5.41, 5.74) is 0.794. The lowest BCUT2D eigenvalue weighted by atomic mass is 10.2. The predicted molar refractivity (Wildman–Crippen MR) is 114 cm³/mol. The van der Waals surface area contributed by atoms with Gasteiger partial charge in [-0.15, -0.1) is 0 Å². The first-order valence-electron chi connectivity index (χ1n) is 9.81. The van der Waals surface area contributed by atoms with Crippen LogP contribution in [-0.4, -0.2) is 64.7 Å². The Morgan fingerprint density at radius 2 is 1.53 bits per heavy atom. The summed E-state index contributed by atoms with van der Waals surface area (Å²) in [6, 6.07) is 13.0. The molecule has 2 aromatic rings. The van der Waals surface area contributed by atoms with Gasteiger partial charge in [0.1, 0.15) is 17.7 Å². The van der Waals surface area contributed by atoms with Crippen molar-refractivity contribution in [3.8, 4) is 11.5 Å². The SMILES string of the molecule is COc1ccc(CNC(=O)C(=O)NC[C@@H]2OCCN2S(=O)(=O)c2ccc(OC)cc2)cc1. The minimum atomic E-state index is -3.84. The summed E-state index contributed by atoms with van der Waals surface area (Å²) in [5, 5.41) is 4.94. The highest BCUT2D eigenvalue weighted by molar-refractivity contribution is 7.89. The van der Waals surface area contributed by atoms with Crippen LogP contribution in [0.4, 0.5) is 0 Å². The lowest BCUT2D eigenvalue weighted by Crippen LogP contribution is -2.47. The van der Waals surface area contributed by atoms with Crippen LogP contribution in [0.3, 0.4) is 0 Å². The largest absolute Gasteiger partial charge is 0.497 e. The number of carbonyl (C=O) groups excluding carboxylic acids is 2. The van der Waals surface area contributed by atoms with E-state index in [2.05, 4.69) is 10.6 Å². The molecular formula is C21H25N3O7S. The maximum Gasteiger partial charge on any atom is 0.309 e. The normalized spacial score (nSPS) is 16.4. The van der Waals surface area contributed by atoms with Gasteiger partial charge in [-0.05, 0) is 42.0 Å². The van der Waals surface area contributed by atoms with Gasteiger partial charge in [0.05, 0.1) is 32.3 Å². The molecule has 0 saturated carbocycles. The highest BCUT2D eigenvalue weighted by Crippen LogP contribution is 2.24. The number of sulfonamides is 1. The van der Waals surface area contributed by atoms with Gasteiger partial charge in [0.2, 0.25) is 10.0 Å². The molecule has 172 valence electrons. The summed E-state index contributed by atoms with van der Waals surface area (Å²) in [7, 11) is -0.798. The quantitative estimate of drug-likeness (QED) is 0.546. The van der Waals surface area contributed by atoms with Crippen molar-refractivity contribution >= 4 is 21.8 Å². The Morgan fingerprint density at radius 1 is 0.969 bits per heavy atom. The Hall–Kier alpha value is -3.15. The number of hydrogen-bond donors (Lipinski definition) is 2. The number of benzene rings is 2. The molecule has 10 nitrogen and oxygen atoms in total. The van der Waals surface area contributed by atoms with Crippen molar-refractivity contribution in [1.29, 1.82) is 0 Å². The number of rotatable bonds is 8. The van der Waals surface area contributed by atoms with E-state index >= 15 is 0 Å². The Morgan fingerprint density at radius 3 is 2.12 bits per heavy atom. The van der Waals surface area contributed by atoms with Crippen LogP contribution in [0, 0.1) is 0 Å². The Balaban J connectivity index is 1.54. The highest BCUT2D eigenvalue weighted by atomic mass is 32.2. The van der Waals surface area contributed by atoms with Crippen molar-refractivity contribution in [2.24, 2.45) is 0 Å². The van der Waals surface area contributed by atoms with Gasteiger partial charge in [0.25, 0.3) is 0 Å². The van der Waals surface area contributed by atoms with Crippen molar-refractivity contribution in [1.82, 2.24) is 14.9 Å². The Labute approximate surface area is 186 Å². The first-order valence-corrected chi connectivity index (χ1v) is 11.3. The second-order valence-electron chi connectivity index (χ2n) is 6.86. The van der Waals surface area contributed by atoms with E-state index in [4.69, 9.17) is 14.2 Å². The maximum absolute atomic E-state index is 12.9. The van der Waals surface area contributed by atoms with Gasteiger partial charge in [-0.25, -0.2) is 8.42 Å². The molecule has 1 fully saturated rings. The number of methoxy groups -OCH3 is 2. The molecule has 0 aliphatic carbocycles. The molecule has 2 aromatic carbocycles. The molecule has 2 N–H and O–H groups in total. The molecule has 1 aliphatic rings. The number of amides is 2. The van der Waals surface area contributed by atoms with Crippen LogP contribution in [0.5, 0.6) is 11.5 Å². The van der Waals surface area contributed by atoms with Crippen molar-refractivity contribution in [2.75, 3.05) is 33.9 Å². The highest BCUT2D eigenvalue weighted by Gasteiger charge is 2.36. The lowest BCUT2D eigenvalue weighted by Gasteiger charge is -2.23. The average molecular weight is 464 g/mol. The molecule has 32 heavy (non-hydrogen) atoms. The van der Waals surface area contributed by atoms with Gasteiger partial charge >= 0.3 is 11.8 Å². The fourth-order valence-electron chi connectivity index (χ4n) is 3.09. The number of hydrogen-bond acceptors (Lipinski definition) is 7. The second kappa shape index (κ2) is 10.4. The smallest absolute Gasteiger partial charge is 0.309 e. The van der Waals surface area contributed by atoms with Crippen molar-refractivity contribution in [2.45, 2.75) is 17.7 Å². The molecule has 0 aromatic heterocycles. The molecule has 0 bridgehead atoms. The molecule has 11 heteroatoms. The van der Waals surface area contributed by atoms with E-state index in [1.165, 1.54) is 19.2 Å². The maximum atomic E-state index is 12.9. The van der Waals surface area contributed by atoms with Gasteiger partial charge in [0, 0.05) is 13.1 Å². The monoisotopic (exact) mass is 463 g/mol. The Kier molecular flexibility index (Phi) is 7.67. The van der Waals surface area contributed by atoms with Crippen LogP contribution in [0.2, 0.25) is 0 Å². The van der Waals surface area contributed by atoms with Gasteiger partial charge < -0.3 is 24.8 Å². The molecule has 1 aliphatic heterocycles. The molecule has 0 unspecified atom stereocenters. The third kappa shape index (κ3) is 5.55. The number of nitrogens with zero attached hydrogens (tertiary/aromatic N) is 1. The van der Waals surface area contributed by atoms with Crippen LogP contribution in [0.25, 0.3) is 0 Å². The average Bonchev–Trinajstić information content (AvgIpc) is 3.31. The van der Waals surface area contributed by atoms with Gasteiger partial charge in [-0.1, -0.05) is 12.1 Å². The van der Waals surface area contributed by atoms with Crippen LogP contribution in [0.1, 0.15) is 5.56 Å². The zero-order valence-corrected chi connectivity index (χ0v) is 18.6. The van der Waals surface area contributed by atoms with Gasteiger partial charge in [-0.2, -0.15) is 4.31 Å². The number of nitrogens with one attached hydrogen (secondary N) is 2. The minimum Gasteiger partial charge on any atom is -0.497 e. The third-order valence-electron chi connectivity index (χ3n) is 4.86. The topological polar surface area (TPSA) is 123 Å². The van der Waals surface area contributed by atoms with Crippen molar-refractivity contribution in [3.63, 3.8) is 0 Å². The first kappa shape index (κ1) is 23.5. The van der Waals surface area contributed by atoms with E-state index < -0.39 is 28.1 Å². The number of ether oxygens (including phenoxy) is 3. The summed E-state index contributed by atoms with van der Waals surface area (Å²) in [6.45, 7) is 0.316. The molecular weight excluding hydrogens is 438 g/mol. The second-order valence-corrected chi connectivity index (χ2v) is 8.75. The van der Waals surface area contributed by atoms with E-state index in [0.29, 0.717) is 11.5 Å². The molecule has 1 heterocycles. The molecule has 1 saturated heterocycles. The number of carbonyl (C=O) groups is 2. The summed E-state index contributed by atoms with van der Waals surface area (Å²) < 4.78 is 42.6. The van der Waals surface area contributed by atoms with E-state index in [1.807, 2.05) is 0 Å². The summed E-state index contributed by atoms with van der Waals surface area (Å²) in [5.74, 6) is -0.492. The van der Waals surface area contributed by atoms with E-state index in [1.54, 1.807) is 43.5 Å². The van der Waals surface area contributed by atoms with Crippen molar-refractivity contribution in [3.05, 3.63) is 54.1 Å². The summed E-state index contributed by atoms with van der Waals surface area (Å²) >= 11 is 0. The minimum absolute atomic E-state index is 0.0809.